The molecule has 1 aliphatic rings. The predicted octanol–water partition coefficient (Wildman–Crippen LogP) is 2.14. The molecule has 2 amide bonds. The number of likely N-dealkylation sites (tertiary alicyclic amines) is 1. The van der Waals surface area contributed by atoms with Crippen molar-refractivity contribution in [2.75, 3.05) is 6.54 Å². The van der Waals surface area contributed by atoms with Crippen molar-refractivity contribution in [1.82, 2.24) is 25.4 Å². The summed E-state index contributed by atoms with van der Waals surface area (Å²) in [6.45, 7) is 1.21. The van der Waals surface area contributed by atoms with Crippen molar-refractivity contribution >= 4 is 11.8 Å². The summed E-state index contributed by atoms with van der Waals surface area (Å²) in [5.74, 6) is -0.473. The van der Waals surface area contributed by atoms with Crippen LogP contribution in [0.2, 0.25) is 0 Å². The third-order valence-corrected chi connectivity index (χ3v) is 4.90. The Bertz CT molecular complexity index is 955. The van der Waals surface area contributed by atoms with E-state index in [-0.39, 0.29) is 24.2 Å². The van der Waals surface area contributed by atoms with Gasteiger partial charge in [-0.1, -0.05) is 36.4 Å². The highest BCUT2D eigenvalue weighted by Gasteiger charge is 2.34. The maximum absolute atomic E-state index is 12.6. The molecule has 28 heavy (non-hydrogen) atoms. The third kappa shape index (κ3) is 3.93. The van der Waals surface area contributed by atoms with Crippen molar-refractivity contribution in [3.63, 3.8) is 0 Å². The summed E-state index contributed by atoms with van der Waals surface area (Å²) >= 11 is 0. The highest BCUT2D eigenvalue weighted by molar-refractivity contribution is 5.89. The van der Waals surface area contributed by atoms with Crippen LogP contribution in [0.4, 0.5) is 0 Å². The van der Waals surface area contributed by atoms with Gasteiger partial charge in [0.05, 0.1) is 30.0 Å². The highest BCUT2D eigenvalue weighted by atomic mass is 16.2. The summed E-state index contributed by atoms with van der Waals surface area (Å²) in [6.07, 6.45) is 3.65. The van der Waals surface area contributed by atoms with E-state index in [0.29, 0.717) is 19.6 Å². The zero-order valence-electron chi connectivity index (χ0n) is 15.3. The summed E-state index contributed by atoms with van der Waals surface area (Å²) in [7, 11) is 0. The van der Waals surface area contributed by atoms with Gasteiger partial charge in [0, 0.05) is 31.3 Å². The van der Waals surface area contributed by atoms with E-state index in [2.05, 4.69) is 20.5 Å². The van der Waals surface area contributed by atoms with Gasteiger partial charge in [-0.3, -0.25) is 19.7 Å². The summed E-state index contributed by atoms with van der Waals surface area (Å²) in [5, 5.41) is 10.0. The van der Waals surface area contributed by atoms with Crippen LogP contribution in [0, 0.1) is 5.92 Å². The molecule has 4 rings (SSSR count). The third-order valence-electron chi connectivity index (χ3n) is 4.90. The maximum atomic E-state index is 12.6. The van der Waals surface area contributed by atoms with E-state index in [1.54, 1.807) is 17.3 Å². The van der Waals surface area contributed by atoms with Crippen LogP contribution in [0.25, 0.3) is 11.3 Å². The summed E-state index contributed by atoms with van der Waals surface area (Å²) in [4.78, 5) is 30.8. The van der Waals surface area contributed by atoms with E-state index in [9.17, 15) is 9.59 Å². The van der Waals surface area contributed by atoms with Crippen LogP contribution in [-0.4, -0.2) is 38.4 Å². The normalized spacial score (nSPS) is 16.4. The Kier molecular flexibility index (Phi) is 5.14. The Labute approximate surface area is 162 Å². The average Bonchev–Trinajstić information content (AvgIpc) is 3.34. The number of pyridine rings is 1. The molecule has 1 atom stereocenters. The topological polar surface area (TPSA) is 91.0 Å². The molecule has 142 valence electrons. The van der Waals surface area contributed by atoms with Crippen LogP contribution in [-0.2, 0) is 22.7 Å². The predicted molar refractivity (Wildman–Crippen MR) is 104 cm³/mol. The van der Waals surface area contributed by atoms with Gasteiger partial charge in [0.1, 0.15) is 0 Å². The summed E-state index contributed by atoms with van der Waals surface area (Å²) in [6, 6.07) is 15.5. The van der Waals surface area contributed by atoms with Crippen LogP contribution in [0.15, 0.2) is 60.9 Å². The van der Waals surface area contributed by atoms with Gasteiger partial charge < -0.3 is 10.2 Å². The number of benzene rings is 1. The van der Waals surface area contributed by atoms with E-state index < -0.39 is 0 Å². The molecule has 7 nitrogen and oxygen atoms in total. The van der Waals surface area contributed by atoms with Crippen LogP contribution in [0.1, 0.15) is 17.7 Å². The van der Waals surface area contributed by atoms with Crippen molar-refractivity contribution in [3.05, 3.63) is 72.2 Å². The van der Waals surface area contributed by atoms with Gasteiger partial charge in [-0.15, -0.1) is 0 Å². The zero-order chi connectivity index (χ0) is 19.3. The molecular formula is C21H21N5O2. The zero-order valence-corrected chi connectivity index (χ0v) is 15.3. The molecule has 3 heterocycles. The number of nitrogens with one attached hydrogen (secondary N) is 2. The number of hydrogen-bond acceptors (Lipinski definition) is 4. The number of aromatic amines is 1. The van der Waals surface area contributed by atoms with Crippen LogP contribution in [0.5, 0.6) is 0 Å². The van der Waals surface area contributed by atoms with Crippen molar-refractivity contribution in [2.24, 2.45) is 5.92 Å². The number of carbonyl (C=O) groups excluding carboxylic acids is 2. The lowest BCUT2D eigenvalue weighted by atomic mass is 10.1. The molecule has 0 spiro atoms. The highest BCUT2D eigenvalue weighted by Crippen LogP contribution is 2.22. The largest absolute Gasteiger partial charge is 0.352 e. The van der Waals surface area contributed by atoms with Crippen molar-refractivity contribution in [1.29, 1.82) is 0 Å². The Hall–Kier alpha value is -3.48. The fraction of sp³-hybridized carbons (Fsp3) is 0.238. The molecular weight excluding hydrogens is 354 g/mol. The monoisotopic (exact) mass is 375 g/mol. The maximum Gasteiger partial charge on any atom is 0.225 e. The summed E-state index contributed by atoms with van der Waals surface area (Å²) in [5.41, 5.74) is 3.64. The van der Waals surface area contributed by atoms with Crippen LogP contribution in [0.3, 0.4) is 0 Å². The first-order chi connectivity index (χ1) is 13.7. The molecule has 3 aromatic rings. The minimum absolute atomic E-state index is 0.0147. The average molecular weight is 375 g/mol. The van der Waals surface area contributed by atoms with E-state index in [1.807, 2.05) is 48.5 Å². The lowest BCUT2D eigenvalue weighted by molar-refractivity contribution is -0.129. The van der Waals surface area contributed by atoms with Crippen molar-refractivity contribution < 1.29 is 9.59 Å². The number of carbonyl (C=O) groups is 2. The second-order valence-corrected chi connectivity index (χ2v) is 6.85. The van der Waals surface area contributed by atoms with Gasteiger partial charge in [0.15, 0.2) is 0 Å². The van der Waals surface area contributed by atoms with Crippen LogP contribution >= 0.6 is 0 Å². The fourth-order valence-corrected chi connectivity index (χ4v) is 3.41. The van der Waals surface area contributed by atoms with E-state index in [1.165, 1.54) is 0 Å². The SMILES string of the molecule is O=C(NCc1cn[nH]c1-c1ccccc1)C1CC(=O)N(Cc2ccccn2)C1. The first kappa shape index (κ1) is 17.9. The fourth-order valence-electron chi connectivity index (χ4n) is 3.41. The molecule has 1 fully saturated rings. The molecule has 2 N–H and O–H groups in total. The Morgan fingerprint density at radius 3 is 2.79 bits per heavy atom. The molecule has 1 unspecified atom stereocenters. The minimum Gasteiger partial charge on any atom is -0.352 e. The van der Waals surface area contributed by atoms with E-state index in [4.69, 9.17) is 0 Å². The molecule has 0 aliphatic carbocycles. The van der Waals surface area contributed by atoms with Crippen molar-refractivity contribution in [3.8, 4) is 11.3 Å². The number of amides is 2. The van der Waals surface area contributed by atoms with Crippen molar-refractivity contribution in [2.45, 2.75) is 19.5 Å². The molecule has 1 saturated heterocycles. The Balaban J connectivity index is 1.35. The molecule has 7 heteroatoms. The number of rotatable bonds is 6. The molecule has 1 aromatic carbocycles. The molecule has 0 radical (unpaired) electrons. The van der Waals surface area contributed by atoms with Gasteiger partial charge in [-0.25, -0.2) is 0 Å². The number of nitrogens with zero attached hydrogens (tertiary/aromatic N) is 3. The van der Waals surface area contributed by atoms with E-state index >= 15 is 0 Å². The number of aromatic nitrogens is 3. The van der Waals surface area contributed by atoms with Gasteiger partial charge in [0.2, 0.25) is 11.8 Å². The van der Waals surface area contributed by atoms with Gasteiger partial charge in [0.25, 0.3) is 0 Å². The molecule has 2 aromatic heterocycles. The van der Waals surface area contributed by atoms with Gasteiger partial charge in [-0.05, 0) is 17.7 Å². The second-order valence-electron chi connectivity index (χ2n) is 6.85. The van der Waals surface area contributed by atoms with Crippen LogP contribution < -0.4 is 5.32 Å². The smallest absolute Gasteiger partial charge is 0.225 e. The summed E-state index contributed by atoms with van der Waals surface area (Å²) < 4.78 is 0. The Morgan fingerprint density at radius 1 is 1.18 bits per heavy atom. The first-order valence-electron chi connectivity index (χ1n) is 9.24. The Morgan fingerprint density at radius 2 is 2.00 bits per heavy atom. The molecule has 1 aliphatic heterocycles. The minimum atomic E-state index is -0.344. The second kappa shape index (κ2) is 8.04. The van der Waals surface area contributed by atoms with Gasteiger partial charge in [-0.2, -0.15) is 5.10 Å². The lowest BCUT2D eigenvalue weighted by Gasteiger charge is -2.16. The number of H-pyrrole nitrogens is 1. The van der Waals surface area contributed by atoms with Gasteiger partial charge >= 0.3 is 0 Å². The quantitative estimate of drug-likeness (QED) is 0.691. The van der Waals surface area contributed by atoms with E-state index in [0.717, 1.165) is 22.5 Å². The number of hydrogen-bond donors (Lipinski definition) is 2. The molecule has 0 bridgehead atoms. The standard InChI is InChI=1S/C21H21N5O2/c27-19-10-16(13-26(19)14-18-8-4-5-9-22-18)21(28)23-11-17-12-24-25-20(17)15-6-2-1-3-7-15/h1-9,12,16H,10-11,13-14H2,(H,23,28)(H,24,25). The first-order valence-corrected chi connectivity index (χ1v) is 9.24. The lowest BCUT2D eigenvalue weighted by Crippen LogP contribution is -2.32. The molecule has 0 saturated carbocycles.